The van der Waals surface area contributed by atoms with Gasteiger partial charge >= 0.3 is 0 Å². The number of carbonyl (C=O) groups is 2. The lowest BCUT2D eigenvalue weighted by Crippen LogP contribution is -3.14. The first-order chi connectivity index (χ1) is 12.5. The number of Topliss-reactive ketones (excluding diaryl/α,β-unsaturated/α-hetero) is 1. The topological polar surface area (TPSA) is 71.3 Å². The summed E-state index contributed by atoms with van der Waals surface area (Å²) in [6.45, 7) is 5.80. The molecule has 0 radical (unpaired) electrons. The van der Waals surface area contributed by atoms with Gasteiger partial charge in [0, 0.05) is 18.5 Å². The van der Waals surface area contributed by atoms with E-state index in [1.165, 1.54) is 22.8 Å². The Kier molecular flexibility index (Phi) is 5.68. The largest absolute Gasteiger partial charge is 0.503 e. The molecular formula is C19H24FN2O4+. The normalized spacial score (nSPS) is 21.5. The molecule has 2 aliphatic heterocycles. The van der Waals surface area contributed by atoms with Gasteiger partial charge in [-0.05, 0) is 13.0 Å². The van der Waals surface area contributed by atoms with Gasteiger partial charge in [0.2, 0.25) is 0 Å². The van der Waals surface area contributed by atoms with Gasteiger partial charge in [0.05, 0.1) is 31.4 Å². The summed E-state index contributed by atoms with van der Waals surface area (Å²) in [5, 5.41) is 10.2. The van der Waals surface area contributed by atoms with Gasteiger partial charge in [-0.25, -0.2) is 4.39 Å². The molecule has 2 aliphatic rings. The summed E-state index contributed by atoms with van der Waals surface area (Å²) in [4.78, 5) is 27.3. The van der Waals surface area contributed by atoms with Gasteiger partial charge in [-0.1, -0.05) is 18.2 Å². The fraction of sp³-hybridized carbons (Fsp3) is 0.474. The minimum atomic E-state index is -0.874. The first-order valence-electron chi connectivity index (χ1n) is 8.91. The average Bonchev–Trinajstić information content (AvgIpc) is 2.88. The minimum absolute atomic E-state index is 0.0289. The molecule has 0 spiro atoms. The highest BCUT2D eigenvalue weighted by Gasteiger charge is 2.43. The average molecular weight is 363 g/mol. The van der Waals surface area contributed by atoms with Crippen LogP contribution < -0.4 is 4.90 Å². The van der Waals surface area contributed by atoms with Gasteiger partial charge in [0.25, 0.3) is 5.91 Å². The predicted molar refractivity (Wildman–Crippen MR) is 92.2 cm³/mol. The van der Waals surface area contributed by atoms with E-state index in [4.69, 9.17) is 4.74 Å². The van der Waals surface area contributed by atoms with Crippen LogP contribution in [0.3, 0.4) is 0 Å². The molecule has 1 aromatic rings. The Hall–Kier alpha value is -2.25. The van der Waals surface area contributed by atoms with E-state index in [1.807, 2.05) is 0 Å². The number of morpholine rings is 1. The highest BCUT2D eigenvalue weighted by atomic mass is 19.1. The summed E-state index contributed by atoms with van der Waals surface area (Å²) >= 11 is 0. The van der Waals surface area contributed by atoms with Crippen molar-refractivity contribution in [1.82, 2.24) is 4.90 Å². The molecule has 2 N–H and O–H groups in total. The molecule has 1 fully saturated rings. The highest BCUT2D eigenvalue weighted by molar-refractivity contribution is 6.08. The zero-order valence-corrected chi connectivity index (χ0v) is 14.8. The number of carbonyl (C=O) groups excluding carboxylic acids is 2. The number of nitrogens with zero attached hydrogens (tertiary/aromatic N) is 1. The van der Waals surface area contributed by atoms with Crippen molar-refractivity contribution in [1.29, 1.82) is 0 Å². The number of nitrogens with one attached hydrogen (secondary N) is 1. The molecule has 7 heteroatoms. The molecule has 0 unspecified atom stereocenters. The van der Waals surface area contributed by atoms with Crippen LogP contribution in [0.4, 0.5) is 4.39 Å². The van der Waals surface area contributed by atoms with Crippen molar-refractivity contribution >= 4 is 11.7 Å². The number of ether oxygens (including phenoxy) is 1. The fourth-order valence-electron chi connectivity index (χ4n) is 3.67. The Bertz CT molecular complexity index is 728. The van der Waals surface area contributed by atoms with Crippen molar-refractivity contribution in [3.63, 3.8) is 0 Å². The van der Waals surface area contributed by atoms with Gasteiger partial charge < -0.3 is 19.6 Å². The molecule has 0 bridgehead atoms. The van der Waals surface area contributed by atoms with Gasteiger partial charge in [-0.15, -0.1) is 0 Å². The third-order valence-electron chi connectivity index (χ3n) is 5.01. The summed E-state index contributed by atoms with van der Waals surface area (Å²) in [6, 6.07) is 5.18. The molecule has 6 nitrogen and oxygen atoms in total. The number of amides is 1. The molecule has 0 aliphatic carbocycles. The SMILES string of the molecule is CC(=O)C1=C(O)C(=O)N(CCC[NH+]2CCOCC2)[C@@H]1c1ccccc1F. The number of rotatable bonds is 6. The number of halogens is 1. The third kappa shape index (κ3) is 3.64. The van der Waals surface area contributed by atoms with Gasteiger partial charge in [-0.2, -0.15) is 0 Å². The number of ketones is 1. The maximum atomic E-state index is 14.3. The zero-order chi connectivity index (χ0) is 18.7. The quantitative estimate of drug-likeness (QED) is 0.768. The first kappa shape index (κ1) is 18.5. The molecule has 1 amide bonds. The zero-order valence-electron chi connectivity index (χ0n) is 14.8. The van der Waals surface area contributed by atoms with Crippen LogP contribution in [0.2, 0.25) is 0 Å². The Balaban J connectivity index is 1.79. The molecule has 1 aromatic carbocycles. The molecule has 140 valence electrons. The Morgan fingerprint density at radius 2 is 2.04 bits per heavy atom. The van der Waals surface area contributed by atoms with Crippen molar-refractivity contribution in [2.24, 2.45) is 0 Å². The molecule has 26 heavy (non-hydrogen) atoms. The second kappa shape index (κ2) is 7.97. The fourth-order valence-corrected chi connectivity index (χ4v) is 3.67. The van der Waals surface area contributed by atoms with Crippen LogP contribution in [0, 0.1) is 5.82 Å². The van der Waals surface area contributed by atoms with Crippen LogP contribution >= 0.6 is 0 Å². The smallest absolute Gasteiger partial charge is 0.290 e. The van der Waals surface area contributed by atoms with Crippen LogP contribution in [0.25, 0.3) is 0 Å². The molecule has 2 heterocycles. The summed E-state index contributed by atoms with van der Waals surface area (Å²) in [6.07, 6.45) is 0.699. The first-order valence-corrected chi connectivity index (χ1v) is 8.91. The van der Waals surface area contributed by atoms with Crippen LogP contribution in [-0.4, -0.2) is 61.1 Å². The minimum Gasteiger partial charge on any atom is -0.503 e. The van der Waals surface area contributed by atoms with Crippen LogP contribution in [0.5, 0.6) is 0 Å². The number of hydrogen-bond donors (Lipinski definition) is 2. The monoisotopic (exact) mass is 363 g/mol. The summed E-state index contributed by atoms with van der Waals surface area (Å²) in [7, 11) is 0. The number of aliphatic hydroxyl groups excluding tert-OH is 1. The Labute approximate surface area is 151 Å². The van der Waals surface area contributed by atoms with E-state index in [0.717, 1.165) is 32.8 Å². The standard InChI is InChI=1S/C19H23FN2O4/c1-13(23)16-17(14-5-2-3-6-15(14)20)22(19(25)18(16)24)8-4-7-21-9-11-26-12-10-21/h2-3,5-6,17,24H,4,7-12H2,1H3/p+1/t17-/m1/s1. The van der Waals surface area contributed by atoms with E-state index in [9.17, 15) is 19.1 Å². The summed E-state index contributed by atoms with van der Waals surface area (Å²) in [5.41, 5.74) is 0.202. The van der Waals surface area contributed by atoms with Crippen molar-refractivity contribution in [2.75, 3.05) is 39.4 Å². The number of quaternary nitrogens is 1. The third-order valence-corrected chi connectivity index (χ3v) is 5.01. The van der Waals surface area contributed by atoms with Crippen molar-refractivity contribution in [2.45, 2.75) is 19.4 Å². The van der Waals surface area contributed by atoms with E-state index in [2.05, 4.69) is 0 Å². The molecule has 1 atom stereocenters. The van der Waals surface area contributed by atoms with E-state index < -0.39 is 29.3 Å². The summed E-state index contributed by atoms with van der Waals surface area (Å²) < 4.78 is 19.7. The second-order valence-corrected chi connectivity index (χ2v) is 6.71. The number of benzene rings is 1. The number of aliphatic hydroxyl groups is 1. The van der Waals surface area contributed by atoms with Crippen molar-refractivity contribution in [3.8, 4) is 0 Å². The lowest BCUT2D eigenvalue weighted by molar-refractivity contribution is -0.908. The van der Waals surface area contributed by atoms with Gasteiger partial charge in [0.1, 0.15) is 18.9 Å². The molecule has 0 saturated carbocycles. The Morgan fingerprint density at radius 1 is 1.35 bits per heavy atom. The molecular weight excluding hydrogens is 339 g/mol. The molecule has 0 aromatic heterocycles. The van der Waals surface area contributed by atoms with E-state index >= 15 is 0 Å². The van der Waals surface area contributed by atoms with Gasteiger partial charge in [-0.3, -0.25) is 9.59 Å². The summed E-state index contributed by atoms with van der Waals surface area (Å²) in [5.74, 6) is -2.10. The number of hydrogen-bond acceptors (Lipinski definition) is 4. The van der Waals surface area contributed by atoms with E-state index in [1.54, 1.807) is 18.2 Å². The Morgan fingerprint density at radius 3 is 2.69 bits per heavy atom. The van der Waals surface area contributed by atoms with Crippen molar-refractivity contribution in [3.05, 3.63) is 47.0 Å². The van der Waals surface area contributed by atoms with Crippen LogP contribution in [0.15, 0.2) is 35.6 Å². The maximum Gasteiger partial charge on any atom is 0.290 e. The highest BCUT2D eigenvalue weighted by Crippen LogP contribution is 2.38. The predicted octanol–water partition coefficient (Wildman–Crippen LogP) is 0.415. The lowest BCUT2D eigenvalue weighted by Gasteiger charge is -2.28. The van der Waals surface area contributed by atoms with Gasteiger partial charge in [0.15, 0.2) is 11.5 Å². The van der Waals surface area contributed by atoms with Crippen LogP contribution in [-0.2, 0) is 14.3 Å². The second-order valence-electron chi connectivity index (χ2n) is 6.71. The maximum absolute atomic E-state index is 14.3. The molecule has 1 saturated heterocycles. The van der Waals surface area contributed by atoms with E-state index in [0.29, 0.717) is 13.0 Å². The van der Waals surface area contributed by atoms with E-state index in [-0.39, 0.29) is 11.1 Å². The molecule has 3 rings (SSSR count). The van der Waals surface area contributed by atoms with Crippen LogP contribution in [0.1, 0.15) is 24.9 Å². The van der Waals surface area contributed by atoms with Crippen molar-refractivity contribution < 1.29 is 28.7 Å². The lowest BCUT2D eigenvalue weighted by atomic mass is 9.96.